The number of nitrogens with zero attached hydrogens (tertiary/aromatic N) is 2. The summed E-state index contributed by atoms with van der Waals surface area (Å²) in [7, 11) is 0. The molecule has 1 fully saturated rings. The molecule has 5 nitrogen and oxygen atoms in total. The molecule has 4 rings (SSSR count). The molecular formula is C21H21N3O2S. The second-order valence-electron chi connectivity index (χ2n) is 6.79. The summed E-state index contributed by atoms with van der Waals surface area (Å²) in [6, 6.07) is 13.8. The highest BCUT2D eigenvalue weighted by Gasteiger charge is 2.28. The predicted molar refractivity (Wildman–Crippen MR) is 107 cm³/mol. The van der Waals surface area contributed by atoms with Crippen molar-refractivity contribution in [3.8, 4) is 0 Å². The number of aromatic nitrogens is 1. The van der Waals surface area contributed by atoms with Gasteiger partial charge in [-0.25, -0.2) is 0 Å². The summed E-state index contributed by atoms with van der Waals surface area (Å²) in [5.41, 5.74) is 0.989. The van der Waals surface area contributed by atoms with Crippen LogP contribution in [0.1, 0.15) is 28.1 Å². The van der Waals surface area contributed by atoms with E-state index in [1.807, 2.05) is 47.4 Å². The Hall–Kier alpha value is -2.73. The Balaban J connectivity index is 1.31. The number of thiophene rings is 1. The van der Waals surface area contributed by atoms with E-state index >= 15 is 0 Å². The minimum absolute atomic E-state index is 0.0341. The third-order valence-electron chi connectivity index (χ3n) is 4.98. The number of carbonyl (C=O) groups is 2. The fourth-order valence-electron chi connectivity index (χ4n) is 3.42. The van der Waals surface area contributed by atoms with Crippen molar-refractivity contribution in [2.24, 2.45) is 5.92 Å². The minimum Gasteiger partial charge on any atom is -0.352 e. The highest BCUT2D eigenvalue weighted by molar-refractivity contribution is 7.20. The number of benzene rings is 1. The van der Waals surface area contributed by atoms with Gasteiger partial charge in [-0.1, -0.05) is 24.3 Å². The van der Waals surface area contributed by atoms with Crippen LogP contribution in [0.25, 0.3) is 10.1 Å². The van der Waals surface area contributed by atoms with Gasteiger partial charge in [0.25, 0.3) is 5.91 Å². The molecule has 6 heteroatoms. The molecular weight excluding hydrogens is 358 g/mol. The van der Waals surface area contributed by atoms with Gasteiger partial charge in [-0.2, -0.15) is 0 Å². The third kappa shape index (κ3) is 4.01. The lowest BCUT2D eigenvalue weighted by atomic mass is 9.95. The molecule has 1 aliphatic rings. The SMILES string of the molecule is O=C(NCc1cccnc1)C1CCN(C(=O)c2cc3ccccc3s2)CC1. The summed E-state index contributed by atoms with van der Waals surface area (Å²) in [6.45, 7) is 1.74. The Morgan fingerprint density at radius 1 is 1.15 bits per heavy atom. The van der Waals surface area contributed by atoms with Gasteiger partial charge < -0.3 is 10.2 Å². The second kappa shape index (κ2) is 7.88. The van der Waals surface area contributed by atoms with Gasteiger partial charge in [0, 0.05) is 42.6 Å². The van der Waals surface area contributed by atoms with Crippen LogP contribution in [-0.2, 0) is 11.3 Å². The van der Waals surface area contributed by atoms with Crippen molar-refractivity contribution < 1.29 is 9.59 Å². The van der Waals surface area contributed by atoms with Crippen LogP contribution in [0.15, 0.2) is 54.9 Å². The first-order chi connectivity index (χ1) is 13.2. The van der Waals surface area contributed by atoms with Crippen molar-refractivity contribution >= 4 is 33.2 Å². The Bertz CT molecular complexity index is 913. The van der Waals surface area contributed by atoms with E-state index in [1.165, 1.54) is 11.3 Å². The maximum absolute atomic E-state index is 12.8. The summed E-state index contributed by atoms with van der Waals surface area (Å²) in [5.74, 6) is 0.103. The van der Waals surface area contributed by atoms with Crippen molar-refractivity contribution in [1.82, 2.24) is 15.2 Å². The monoisotopic (exact) mass is 379 g/mol. The quantitative estimate of drug-likeness (QED) is 0.755. The Morgan fingerprint density at radius 3 is 2.70 bits per heavy atom. The van der Waals surface area contributed by atoms with Crippen LogP contribution < -0.4 is 5.32 Å². The predicted octanol–water partition coefficient (Wildman–Crippen LogP) is 3.46. The molecule has 0 bridgehead atoms. The van der Waals surface area contributed by atoms with Crippen molar-refractivity contribution in [3.05, 3.63) is 65.3 Å². The van der Waals surface area contributed by atoms with Gasteiger partial charge in [-0.3, -0.25) is 14.6 Å². The molecule has 2 amide bonds. The molecule has 0 atom stereocenters. The fraction of sp³-hybridized carbons (Fsp3) is 0.286. The van der Waals surface area contributed by atoms with Gasteiger partial charge in [0.1, 0.15) is 0 Å². The lowest BCUT2D eigenvalue weighted by Gasteiger charge is -2.31. The molecule has 1 saturated heterocycles. The van der Waals surface area contributed by atoms with Crippen LogP contribution in [0.2, 0.25) is 0 Å². The number of rotatable bonds is 4. The minimum atomic E-state index is -0.0341. The molecule has 0 radical (unpaired) electrons. The first-order valence-electron chi connectivity index (χ1n) is 9.15. The number of pyridine rings is 1. The average molecular weight is 379 g/mol. The van der Waals surface area contributed by atoms with Gasteiger partial charge in [-0.15, -0.1) is 11.3 Å². The Labute approximate surface area is 162 Å². The van der Waals surface area contributed by atoms with Crippen LogP contribution in [0, 0.1) is 5.92 Å². The van der Waals surface area contributed by atoms with Crippen LogP contribution in [0.3, 0.4) is 0 Å². The van der Waals surface area contributed by atoms with Crippen molar-refractivity contribution in [3.63, 3.8) is 0 Å². The van der Waals surface area contributed by atoms with E-state index in [-0.39, 0.29) is 17.7 Å². The van der Waals surface area contributed by atoms with Crippen LogP contribution in [-0.4, -0.2) is 34.8 Å². The van der Waals surface area contributed by atoms with Gasteiger partial charge in [0.15, 0.2) is 0 Å². The van der Waals surface area contributed by atoms with Gasteiger partial charge in [-0.05, 0) is 42.0 Å². The van der Waals surface area contributed by atoms with Crippen LogP contribution >= 0.6 is 11.3 Å². The van der Waals surface area contributed by atoms with E-state index in [9.17, 15) is 9.59 Å². The molecule has 3 aromatic rings. The second-order valence-corrected chi connectivity index (χ2v) is 7.88. The first kappa shape index (κ1) is 17.7. The summed E-state index contributed by atoms with van der Waals surface area (Å²) in [6.07, 6.45) is 4.88. The van der Waals surface area contributed by atoms with E-state index in [0.29, 0.717) is 32.5 Å². The average Bonchev–Trinajstić information content (AvgIpc) is 3.16. The lowest BCUT2D eigenvalue weighted by molar-refractivity contribution is -0.126. The highest BCUT2D eigenvalue weighted by atomic mass is 32.1. The number of amides is 2. The number of piperidine rings is 1. The third-order valence-corrected chi connectivity index (χ3v) is 6.08. The van der Waals surface area contributed by atoms with Crippen molar-refractivity contribution in [1.29, 1.82) is 0 Å². The summed E-state index contributed by atoms with van der Waals surface area (Å²) < 4.78 is 1.13. The molecule has 1 N–H and O–H groups in total. The van der Waals surface area contributed by atoms with E-state index in [0.717, 1.165) is 20.5 Å². The number of nitrogens with one attached hydrogen (secondary N) is 1. The van der Waals surface area contributed by atoms with Gasteiger partial charge in [0.05, 0.1) is 4.88 Å². The molecule has 0 aliphatic carbocycles. The maximum Gasteiger partial charge on any atom is 0.263 e. The fourth-order valence-corrected chi connectivity index (χ4v) is 4.45. The van der Waals surface area contributed by atoms with Crippen molar-refractivity contribution in [2.75, 3.05) is 13.1 Å². The smallest absolute Gasteiger partial charge is 0.263 e. The molecule has 0 spiro atoms. The van der Waals surface area contributed by atoms with Crippen LogP contribution in [0.5, 0.6) is 0 Å². The highest BCUT2D eigenvalue weighted by Crippen LogP contribution is 2.28. The maximum atomic E-state index is 12.8. The van der Waals surface area contributed by atoms with Crippen molar-refractivity contribution in [2.45, 2.75) is 19.4 Å². The van der Waals surface area contributed by atoms with Gasteiger partial charge >= 0.3 is 0 Å². The number of carbonyl (C=O) groups excluding carboxylic acids is 2. The normalized spacial score (nSPS) is 15.0. The number of hydrogen-bond acceptors (Lipinski definition) is 4. The number of hydrogen-bond donors (Lipinski definition) is 1. The molecule has 27 heavy (non-hydrogen) atoms. The molecule has 0 saturated carbocycles. The first-order valence-corrected chi connectivity index (χ1v) is 9.97. The molecule has 3 heterocycles. The number of fused-ring (bicyclic) bond motifs is 1. The Morgan fingerprint density at radius 2 is 1.96 bits per heavy atom. The summed E-state index contributed by atoms with van der Waals surface area (Å²) >= 11 is 1.54. The van der Waals surface area contributed by atoms with Crippen LogP contribution in [0.4, 0.5) is 0 Å². The molecule has 138 valence electrons. The van der Waals surface area contributed by atoms with E-state index in [4.69, 9.17) is 0 Å². The standard InChI is InChI=1S/C21H21N3O2S/c25-20(23-14-15-4-3-9-22-13-15)16-7-10-24(11-8-16)21(26)19-12-17-5-1-2-6-18(17)27-19/h1-6,9,12-13,16H,7-8,10-11,14H2,(H,23,25). The zero-order valence-corrected chi connectivity index (χ0v) is 15.7. The molecule has 1 aliphatic heterocycles. The Kier molecular flexibility index (Phi) is 5.16. The van der Waals surface area contributed by atoms with E-state index in [1.54, 1.807) is 12.4 Å². The van der Waals surface area contributed by atoms with Gasteiger partial charge in [0.2, 0.25) is 5.91 Å². The molecule has 1 aromatic carbocycles. The lowest BCUT2D eigenvalue weighted by Crippen LogP contribution is -2.42. The van der Waals surface area contributed by atoms with E-state index < -0.39 is 0 Å². The summed E-state index contributed by atoms with van der Waals surface area (Å²) in [5, 5.41) is 4.09. The zero-order valence-electron chi connectivity index (χ0n) is 14.9. The topological polar surface area (TPSA) is 62.3 Å². The molecule has 0 unspecified atom stereocenters. The van der Waals surface area contributed by atoms with E-state index in [2.05, 4.69) is 10.3 Å². The summed E-state index contributed by atoms with van der Waals surface area (Å²) in [4.78, 5) is 31.9. The zero-order chi connectivity index (χ0) is 18.6. The largest absolute Gasteiger partial charge is 0.352 e. The molecule has 2 aromatic heterocycles. The number of likely N-dealkylation sites (tertiary alicyclic amines) is 1.